The molecule has 1 aliphatic rings. The predicted molar refractivity (Wildman–Crippen MR) is 153 cm³/mol. The third-order valence-corrected chi connectivity index (χ3v) is 7.60. The number of ether oxygens (including phenoxy) is 1. The molecule has 6 heteroatoms. The highest BCUT2D eigenvalue weighted by Gasteiger charge is 2.28. The fourth-order valence-corrected chi connectivity index (χ4v) is 5.54. The molecule has 0 N–H and O–H groups in total. The number of rotatable bonds is 10. The smallest absolute Gasteiger partial charge is 0.409 e. The van der Waals surface area contributed by atoms with Crippen molar-refractivity contribution in [1.29, 1.82) is 0 Å². The number of aromatic nitrogens is 2. The van der Waals surface area contributed by atoms with Crippen LogP contribution in [0.4, 0.5) is 4.79 Å². The van der Waals surface area contributed by atoms with Gasteiger partial charge < -0.3 is 14.5 Å². The van der Waals surface area contributed by atoms with Gasteiger partial charge in [-0.25, -0.2) is 4.79 Å². The van der Waals surface area contributed by atoms with E-state index in [1.54, 1.807) is 4.85 Å². The van der Waals surface area contributed by atoms with E-state index >= 15 is 0 Å². The molecule has 0 aliphatic carbocycles. The monoisotopic (exact) mass is 523 g/mol. The first-order valence-corrected chi connectivity index (χ1v) is 14.0. The molecule has 0 spiro atoms. The summed E-state index contributed by atoms with van der Waals surface area (Å²) in [6, 6.07) is 31.6. The van der Waals surface area contributed by atoms with Crippen molar-refractivity contribution in [2.24, 2.45) is 0 Å². The highest BCUT2D eigenvalue weighted by Crippen LogP contribution is 2.34. The molecular weight excluding hydrogens is 486 g/mol. The Bertz CT molecular complexity index is 1260. The number of hydrogen-bond donors (Lipinski definition) is 0. The van der Waals surface area contributed by atoms with Crippen LogP contribution in [0, 0.1) is 0 Å². The molecule has 39 heavy (non-hydrogen) atoms. The van der Waals surface area contributed by atoms with Crippen LogP contribution in [-0.2, 0) is 17.8 Å². The Labute approximate surface area is 231 Å². The van der Waals surface area contributed by atoms with E-state index in [-0.39, 0.29) is 12.0 Å². The first-order chi connectivity index (χ1) is 19.2. The van der Waals surface area contributed by atoms with Gasteiger partial charge >= 0.3 is 6.09 Å². The molecule has 1 amide bonds. The van der Waals surface area contributed by atoms with Crippen LogP contribution in [0.2, 0.25) is 0 Å². The summed E-state index contributed by atoms with van der Waals surface area (Å²) >= 11 is 0. The first kappa shape index (κ1) is 26.5. The molecular formula is C33H37N3O3. The Hall–Kier alpha value is -4.06. The van der Waals surface area contributed by atoms with Gasteiger partial charge in [-0.05, 0) is 55.2 Å². The Balaban J connectivity index is 1.38. The summed E-state index contributed by atoms with van der Waals surface area (Å²) in [6.07, 6.45) is 5.30. The summed E-state index contributed by atoms with van der Waals surface area (Å²) in [5, 5.41) is 4.70. The van der Waals surface area contributed by atoms with E-state index in [4.69, 9.17) is 14.7 Å². The van der Waals surface area contributed by atoms with Gasteiger partial charge in [0.25, 0.3) is 0 Å². The van der Waals surface area contributed by atoms with Crippen LogP contribution in [-0.4, -0.2) is 40.6 Å². The van der Waals surface area contributed by atoms with Crippen LogP contribution in [0.3, 0.4) is 0 Å². The molecule has 1 fully saturated rings. The lowest BCUT2D eigenvalue weighted by molar-refractivity contribution is 0.0631. The first-order valence-electron chi connectivity index (χ1n) is 14.0. The number of nitrogens with zero attached hydrogens (tertiary/aromatic N) is 3. The largest absolute Gasteiger partial charge is 0.450 e. The number of carbonyl (C=O) groups is 1. The van der Waals surface area contributed by atoms with Crippen molar-refractivity contribution in [1.82, 2.24) is 14.8 Å². The Morgan fingerprint density at radius 1 is 0.897 bits per heavy atom. The fraction of sp³-hybridized carbons (Fsp3) is 0.333. The second-order valence-electron chi connectivity index (χ2n) is 10.1. The lowest BCUT2D eigenvalue weighted by Crippen LogP contribution is -2.38. The molecule has 0 bridgehead atoms. The molecule has 6 nitrogen and oxygen atoms in total. The molecule has 0 saturated carbocycles. The van der Waals surface area contributed by atoms with Crippen LogP contribution >= 0.6 is 0 Å². The minimum atomic E-state index is -0.216. The van der Waals surface area contributed by atoms with Gasteiger partial charge in [-0.3, -0.25) is 0 Å². The third kappa shape index (κ3) is 6.69. The van der Waals surface area contributed by atoms with Crippen molar-refractivity contribution in [2.45, 2.75) is 51.0 Å². The average Bonchev–Trinajstić information content (AvgIpc) is 3.40. The average molecular weight is 524 g/mol. The van der Waals surface area contributed by atoms with E-state index in [0.29, 0.717) is 32.2 Å². The quantitative estimate of drug-likeness (QED) is 0.235. The Kier molecular flexibility index (Phi) is 8.94. The van der Waals surface area contributed by atoms with Gasteiger partial charge in [0, 0.05) is 24.6 Å². The minimum Gasteiger partial charge on any atom is -0.450 e. The molecule has 2 heterocycles. The summed E-state index contributed by atoms with van der Waals surface area (Å²) in [4.78, 5) is 22.1. The molecule has 1 aliphatic heterocycles. The van der Waals surface area contributed by atoms with Gasteiger partial charge in [-0.2, -0.15) is 0 Å². The summed E-state index contributed by atoms with van der Waals surface area (Å²) in [6.45, 7) is 4.08. The Morgan fingerprint density at radius 2 is 1.49 bits per heavy atom. The summed E-state index contributed by atoms with van der Waals surface area (Å²) < 4.78 is 5.22. The van der Waals surface area contributed by atoms with Gasteiger partial charge in [-0.15, -0.1) is 9.94 Å². The standard InChI is InChI=1S/C33H37N3O3/c1-2-38-33(37)35-22-20-29(21-23-35)31-24-34-36(39-25-26-12-6-3-7-13-26)32(31)19-18-30(27-14-8-4-9-15-27)28-16-10-5-11-17-28/h3-17,24,29-30H,2,18-23,25H2,1H3. The second-order valence-corrected chi connectivity index (χ2v) is 10.1. The van der Waals surface area contributed by atoms with Gasteiger partial charge in [0.15, 0.2) is 0 Å². The number of amides is 1. The van der Waals surface area contributed by atoms with E-state index < -0.39 is 0 Å². The lowest BCUT2D eigenvalue weighted by atomic mass is 9.84. The highest BCUT2D eigenvalue weighted by atomic mass is 16.7. The molecule has 1 aromatic heterocycles. The molecule has 5 rings (SSSR count). The van der Waals surface area contributed by atoms with Crippen LogP contribution in [0.25, 0.3) is 0 Å². The maximum absolute atomic E-state index is 12.2. The number of likely N-dealkylation sites (tertiary alicyclic amines) is 1. The van der Waals surface area contributed by atoms with E-state index in [0.717, 1.165) is 36.9 Å². The zero-order valence-corrected chi connectivity index (χ0v) is 22.6. The van der Waals surface area contributed by atoms with Crippen LogP contribution in [0.5, 0.6) is 0 Å². The molecule has 0 radical (unpaired) electrons. The van der Waals surface area contributed by atoms with E-state index in [1.165, 1.54) is 16.7 Å². The molecule has 3 aromatic carbocycles. The summed E-state index contributed by atoms with van der Waals surface area (Å²) in [5.41, 5.74) is 6.08. The molecule has 4 aromatic rings. The summed E-state index contributed by atoms with van der Waals surface area (Å²) in [5.74, 6) is 0.593. The summed E-state index contributed by atoms with van der Waals surface area (Å²) in [7, 11) is 0. The normalized spacial score (nSPS) is 13.9. The van der Waals surface area contributed by atoms with Gasteiger partial charge in [0.05, 0.1) is 18.5 Å². The van der Waals surface area contributed by atoms with Crippen molar-refractivity contribution < 1.29 is 14.4 Å². The topological polar surface area (TPSA) is 56.6 Å². The predicted octanol–water partition coefficient (Wildman–Crippen LogP) is 6.61. The van der Waals surface area contributed by atoms with Crippen molar-refractivity contribution in [3.63, 3.8) is 0 Å². The number of piperidine rings is 1. The third-order valence-electron chi connectivity index (χ3n) is 7.60. The fourth-order valence-electron chi connectivity index (χ4n) is 5.54. The Morgan fingerprint density at radius 3 is 2.08 bits per heavy atom. The number of benzene rings is 3. The maximum atomic E-state index is 12.2. The van der Waals surface area contributed by atoms with Crippen molar-refractivity contribution in [2.75, 3.05) is 19.7 Å². The van der Waals surface area contributed by atoms with Gasteiger partial charge in [0.1, 0.15) is 6.61 Å². The van der Waals surface area contributed by atoms with Gasteiger partial charge in [0.2, 0.25) is 0 Å². The lowest BCUT2D eigenvalue weighted by Gasteiger charge is -2.31. The number of carbonyl (C=O) groups excluding carboxylic acids is 1. The molecule has 0 unspecified atom stereocenters. The number of hydrogen-bond acceptors (Lipinski definition) is 4. The van der Waals surface area contributed by atoms with Crippen molar-refractivity contribution in [3.05, 3.63) is 125 Å². The maximum Gasteiger partial charge on any atom is 0.409 e. The van der Waals surface area contributed by atoms with Crippen LogP contribution < -0.4 is 4.84 Å². The zero-order chi connectivity index (χ0) is 26.9. The van der Waals surface area contributed by atoms with Crippen molar-refractivity contribution in [3.8, 4) is 0 Å². The molecule has 1 saturated heterocycles. The second kappa shape index (κ2) is 13.1. The highest BCUT2D eigenvalue weighted by molar-refractivity contribution is 5.67. The SMILES string of the molecule is CCOC(=O)N1CCC(c2cnn(OCc3ccccc3)c2CCC(c2ccccc2)c2ccccc2)CC1. The van der Waals surface area contributed by atoms with Crippen LogP contribution in [0.1, 0.15) is 66.0 Å². The van der Waals surface area contributed by atoms with Gasteiger partial charge in [-0.1, -0.05) is 91.0 Å². The van der Waals surface area contributed by atoms with E-state index in [2.05, 4.69) is 72.8 Å². The van der Waals surface area contributed by atoms with Crippen molar-refractivity contribution >= 4 is 6.09 Å². The zero-order valence-electron chi connectivity index (χ0n) is 22.6. The van der Waals surface area contributed by atoms with E-state index in [1.807, 2.05) is 36.2 Å². The van der Waals surface area contributed by atoms with E-state index in [9.17, 15) is 4.79 Å². The van der Waals surface area contributed by atoms with Crippen LogP contribution in [0.15, 0.2) is 97.2 Å². The molecule has 0 atom stereocenters. The minimum absolute atomic E-state index is 0.216. The molecule has 202 valence electrons.